The number of halogens is 8. The molecule has 0 amide bonds. The molecule has 0 atom stereocenters. The first kappa shape index (κ1) is 39.9. The molecule has 26 heavy (non-hydrogen) atoms. The SMILES string of the molecule is CC(C)(C(F)(F)F)C(F)(F)F.CC(C)=O.CCC.CCF.CF.COC. The lowest BCUT2D eigenvalue weighted by Gasteiger charge is -2.29. The smallest absolute Gasteiger partial charge is 0.388 e. The third-order valence-electron chi connectivity index (χ3n) is 1.42. The van der Waals surface area contributed by atoms with Gasteiger partial charge in [-0.15, -0.1) is 0 Å². The molecule has 0 N–H and O–H groups in total. The molecule has 0 aliphatic rings. The van der Waals surface area contributed by atoms with Gasteiger partial charge in [-0.3, -0.25) is 8.78 Å². The zero-order chi connectivity index (χ0) is 23.2. The summed E-state index contributed by atoms with van der Waals surface area (Å²) in [4.78, 5) is 9.44. The molecule has 0 aromatic heterocycles. The molecule has 0 aliphatic heterocycles. The van der Waals surface area contributed by atoms with Crippen molar-refractivity contribution in [3.8, 4) is 0 Å². The van der Waals surface area contributed by atoms with E-state index in [2.05, 4.69) is 18.6 Å². The van der Waals surface area contributed by atoms with Crippen LogP contribution < -0.4 is 0 Å². The van der Waals surface area contributed by atoms with Crippen molar-refractivity contribution < 1.29 is 44.7 Å². The summed E-state index contributed by atoms with van der Waals surface area (Å²) in [6.45, 7) is 8.72. The highest BCUT2D eigenvalue weighted by Gasteiger charge is 2.64. The van der Waals surface area contributed by atoms with Gasteiger partial charge in [-0.1, -0.05) is 20.3 Å². The van der Waals surface area contributed by atoms with Crippen LogP contribution in [0.4, 0.5) is 35.1 Å². The van der Waals surface area contributed by atoms with Crippen molar-refractivity contribution in [1.82, 2.24) is 0 Å². The fourth-order valence-corrected chi connectivity index (χ4v) is 0.161. The lowest BCUT2D eigenvalue weighted by Crippen LogP contribution is -2.44. The van der Waals surface area contributed by atoms with E-state index in [1.165, 1.54) is 27.2 Å². The molecule has 166 valence electrons. The lowest BCUT2D eigenvalue weighted by molar-refractivity contribution is -0.327. The second-order valence-corrected chi connectivity index (χ2v) is 4.91. The number of ketones is 1. The number of ether oxygens (including phenoxy) is 1. The van der Waals surface area contributed by atoms with E-state index in [1.807, 2.05) is 0 Å². The van der Waals surface area contributed by atoms with Gasteiger partial charge in [-0.05, 0) is 34.6 Å². The molecule has 0 spiro atoms. The van der Waals surface area contributed by atoms with Crippen molar-refractivity contribution in [2.24, 2.45) is 5.41 Å². The molecule has 0 aromatic carbocycles. The Morgan fingerprint density at radius 1 is 0.808 bits per heavy atom. The van der Waals surface area contributed by atoms with Crippen LogP contribution in [0.3, 0.4) is 0 Å². The van der Waals surface area contributed by atoms with Gasteiger partial charge in [0.15, 0.2) is 5.41 Å². The summed E-state index contributed by atoms with van der Waals surface area (Å²) in [5, 5.41) is 0. The Morgan fingerprint density at radius 3 is 0.885 bits per heavy atom. The fraction of sp³-hybridized carbons (Fsp3) is 0.938. The molecule has 0 rings (SSSR count). The summed E-state index contributed by atoms with van der Waals surface area (Å²) >= 11 is 0. The Labute approximate surface area is 152 Å². The molecule has 0 saturated heterocycles. The molecule has 0 aliphatic carbocycles. The van der Waals surface area contributed by atoms with Crippen LogP contribution in [0.5, 0.6) is 0 Å². The van der Waals surface area contributed by atoms with Crippen molar-refractivity contribution >= 4 is 5.78 Å². The van der Waals surface area contributed by atoms with Gasteiger partial charge in [0.1, 0.15) is 5.78 Å². The number of rotatable bonds is 0. The minimum absolute atomic E-state index is 0.104. The van der Waals surface area contributed by atoms with Gasteiger partial charge in [0.2, 0.25) is 0 Å². The monoisotopic (exact) mass is 410 g/mol. The molecule has 0 aromatic rings. The van der Waals surface area contributed by atoms with Crippen molar-refractivity contribution in [3.05, 3.63) is 0 Å². The average Bonchev–Trinajstić information content (AvgIpc) is 2.40. The second kappa shape index (κ2) is 24.1. The van der Waals surface area contributed by atoms with Crippen molar-refractivity contribution in [2.75, 3.05) is 28.1 Å². The average molecular weight is 410 g/mol. The van der Waals surface area contributed by atoms with E-state index in [1.54, 1.807) is 14.2 Å². The van der Waals surface area contributed by atoms with Gasteiger partial charge in [0, 0.05) is 14.2 Å². The highest BCUT2D eigenvalue weighted by atomic mass is 19.4. The number of Topliss-reactive ketones (excluding diaryl/α,β-unsaturated/α-hetero) is 1. The largest absolute Gasteiger partial charge is 0.402 e. The lowest BCUT2D eigenvalue weighted by atomic mass is 9.92. The van der Waals surface area contributed by atoms with Crippen LogP contribution in [0.15, 0.2) is 0 Å². The van der Waals surface area contributed by atoms with E-state index in [9.17, 15) is 39.9 Å². The van der Waals surface area contributed by atoms with E-state index in [0.717, 1.165) is 0 Å². The quantitative estimate of drug-likeness (QED) is 0.403. The van der Waals surface area contributed by atoms with Crippen molar-refractivity contribution in [1.29, 1.82) is 0 Å². The first-order chi connectivity index (χ1) is 11.5. The van der Waals surface area contributed by atoms with E-state index in [0.29, 0.717) is 7.18 Å². The Bertz CT molecular complexity index is 237. The number of carbonyl (C=O) groups excluding carboxylic acids is 1. The molecular weight excluding hydrogens is 376 g/mol. The van der Waals surface area contributed by atoms with Gasteiger partial charge >= 0.3 is 12.4 Å². The van der Waals surface area contributed by atoms with Crippen molar-refractivity contribution in [2.45, 2.75) is 67.2 Å². The molecular formula is C16H34F8O2. The van der Waals surface area contributed by atoms with Crippen LogP contribution in [0.2, 0.25) is 0 Å². The van der Waals surface area contributed by atoms with Crippen LogP contribution in [0, 0.1) is 5.41 Å². The maximum Gasteiger partial charge on any atom is 0.402 e. The number of alkyl halides is 8. The number of hydrogen-bond acceptors (Lipinski definition) is 2. The van der Waals surface area contributed by atoms with Gasteiger partial charge in [0.05, 0.1) is 13.9 Å². The summed E-state index contributed by atoms with van der Waals surface area (Å²) < 4.78 is 93.7. The summed E-state index contributed by atoms with van der Waals surface area (Å²) in [6, 6.07) is 0. The third kappa shape index (κ3) is 38.6. The predicted molar refractivity (Wildman–Crippen MR) is 89.8 cm³/mol. The van der Waals surface area contributed by atoms with E-state index < -0.39 is 17.8 Å². The Hall–Kier alpha value is -0.930. The summed E-state index contributed by atoms with van der Waals surface area (Å²) in [5.41, 5.74) is -3.62. The second-order valence-electron chi connectivity index (χ2n) is 4.91. The Kier molecular flexibility index (Phi) is 37.0. The summed E-state index contributed by atoms with van der Waals surface area (Å²) in [7, 11) is 3.75. The molecule has 2 nitrogen and oxygen atoms in total. The van der Waals surface area contributed by atoms with Gasteiger partial charge in [-0.2, -0.15) is 26.3 Å². The number of carbonyl (C=O) groups is 1. The topological polar surface area (TPSA) is 26.3 Å². The number of methoxy groups -OCH3 is 1. The molecule has 0 heterocycles. The Balaban J connectivity index is -0.0000000553. The van der Waals surface area contributed by atoms with Crippen molar-refractivity contribution in [3.63, 3.8) is 0 Å². The zero-order valence-corrected chi connectivity index (χ0v) is 17.3. The van der Waals surface area contributed by atoms with Crippen LogP contribution in [0.25, 0.3) is 0 Å². The normalized spacial score (nSPS) is 9.77. The molecule has 0 unspecified atom stereocenters. The zero-order valence-electron chi connectivity index (χ0n) is 17.3. The molecule has 10 heteroatoms. The third-order valence-corrected chi connectivity index (χ3v) is 1.42. The van der Waals surface area contributed by atoms with E-state index in [4.69, 9.17) is 0 Å². The predicted octanol–water partition coefficient (Wildman–Crippen LogP) is 6.97. The van der Waals surface area contributed by atoms with Gasteiger partial charge < -0.3 is 9.53 Å². The highest BCUT2D eigenvalue weighted by molar-refractivity contribution is 5.72. The van der Waals surface area contributed by atoms with E-state index >= 15 is 0 Å². The van der Waals surface area contributed by atoms with Crippen LogP contribution >= 0.6 is 0 Å². The molecule has 0 fully saturated rings. The molecule has 0 saturated carbocycles. The Morgan fingerprint density at radius 2 is 0.885 bits per heavy atom. The molecule has 0 radical (unpaired) electrons. The number of hydrogen-bond donors (Lipinski definition) is 0. The standard InChI is InChI=1S/C5H6F6.C3H6O.C3H8.C2H5F.C2H6O.CH3F/c1-3(2,4(6,7)8)5(9,10)11;1-3(2)4;1-3-2;1-2-3;1-3-2;1-2/h1-2H3;1-2H3;3H2,1-2H3;2H2,1H3;1-2H3;1H3. The van der Waals surface area contributed by atoms with E-state index in [-0.39, 0.29) is 26.3 Å². The summed E-state index contributed by atoms with van der Waals surface area (Å²) in [6.07, 6.45) is -9.24. The maximum absolute atomic E-state index is 11.6. The minimum atomic E-state index is -5.24. The van der Waals surface area contributed by atoms with Crippen LogP contribution in [-0.4, -0.2) is 46.2 Å². The first-order valence-corrected chi connectivity index (χ1v) is 7.42. The molecule has 0 bridgehead atoms. The van der Waals surface area contributed by atoms with Crippen LogP contribution in [-0.2, 0) is 9.53 Å². The van der Waals surface area contributed by atoms with Gasteiger partial charge in [0.25, 0.3) is 0 Å². The summed E-state index contributed by atoms with van der Waals surface area (Å²) in [5.74, 6) is 0.167. The fourth-order valence-electron chi connectivity index (χ4n) is 0.161. The highest BCUT2D eigenvalue weighted by Crippen LogP contribution is 2.49. The van der Waals surface area contributed by atoms with Crippen LogP contribution in [0.1, 0.15) is 54.9 Å². The minimum Gasteiger partial charge on any atom is -0.388 e. The maximum atomic E-state index is 11.6. The first-order valence-electron chi connectivity index (χ1n) is 7.42. The van der Waals surface area contributed by atoms with Gasteiger partial charge in [-0.25, -0.2) is 0 Å².